The Labute approximate surface area is 84.9 Å². The Morgan fingerprint density at radius 3 is 2.86 bits per heavy atom. The molecule has 0 spiro atoms. The van der Waals surface area contributed by atoms with Crippen LogP contribution in [0.2, 0.25) is 0 Å². The number of aryl methyl sites for hydroxylation is 2. The van der Waals surface area contributed by atoms with Gasteiger partial charge in [-0.2, -0.15) is 5.10 Å². The van der Waals surface area contributed by atoms with Crippen molar-refractivity contribution in [3.05, 3.63) is 17.5 Å². The molecule has 78 valence electrons. The third-order valence-corrected chi connectivity index (χ3v) is 2.63. The van der Waals surface area contributed by atoms with E-state index in [-0.39, 0.29) is 0 Å². The van der Waals surface area contributed by atoms with Crippen molar-refractivity contribution in [1.82, 2.24) is 20.2 Å². The maximum Gasteiger partial charge on any atom is 0.0596 e. The molecule has 1 N–H and O–H groups in total. The maximum atomic E-state index is 4.43. The van der Waals surface area contributed by atoms with Crippen LogP contribution < -0.4 is 5.43 Å². The second kappa shape index (κ2) is 4.11. The quantitative estimate of drug-likeness (QED) is 0.769. The van der Waals surface area contributed by atoms with E-state index in [0.717, 1.165) is 25.3 Å². The third-order valence-electron chi connectivity index (χ3n) is 2.63. The van der Waals surface area contributed by atoms with E-state index in [0.29, 0.717) is 0 Å². The first-order chi connectivity index (χ1) is 6.75. The van der Waals surface area contributed by atoms with Gasteiger partial charge in [0.1, 0.15) is 0 Å². The summed E-state index contributed by atoms with van der Waals surface area (Å²) in [6.07, 6.45) is 1.26. The molecule has 1 aliphatic rings. The van der Waals surface area contributed by atoms with Crippen LogP contribution in [0.15, 0.2) is 6.07 Å². The van der Waals surface area contributed by atoms with E-state index in [1.54, 1.807) is 0 Å². The standard InChI is InChI=1S/C10H18N4/c1-9-8-10(2)14(12-9)7-6-13-5-3-4-11-13/h8,11H,3-7H2,1-2H3. The second-order valence-electron chi connectivity index (χ2n) is 3.90. The highest BCUT2D eigenvalue weighted by Gasteiger charge is 2.10. The largest absolute Gasteiger partial charge is 0.268 e. The van der Waals surface area contributed by atoms with Crippen molar-refractivity contribution >= 4 is 0 Å². The van der Waals surface area contributed by atoms with Crippen LogP contribution in [0.25, 0.3) is 0 Å². The number of hydrazine groups is 1. The van der Waals surface area contributed by atoms with Crippen LogP contribution in [0.3, 0.4) is 0 Å². The molecule has 1 aromatic heterocycles. The van der Waals surface area contributed by atoms with Gasteiger partial charge >= 0.3 is 0 Å². The summed E-state index contributed by atoms with van der Waals surface area (Å²) in [5.74, 6) is 0. The van der Waals surface area contributed by atoms with Gasteiger partial charge in [0.15, 0.2) is 0 Å². The monoisotopic (exact) mass is 194 g/mol. The Kier molecular flexibility index (Phi) is 2.84. The predicted molar refractivity (Wildman–Crippen MR) is 55.9 cm³/mol. The molecule has 14 heavy (non-hydrogen) atoms. The van der Waals surface area contributed by atoms with Crippen molar-refractivity contribution in [3.63, 3.8) is 0 Å². The highest BCUT2D eigenvalue weighted by Crippen LogP contribution is 2.02. The van der Waals surface area contributed by atoms with Crippen LogP contribution in [0.1, 0.15) is 17.8 Å². The zero-order valence-corrected chi connectivity index (χ0v) is 8.95. The lowest BCUT2D eigenvalue weighted by atomic mass is 10.4. The first kappa shape index (κ1) is 9.68. The SMILES string of the molecule is Cc1cc(C)n(CCN2CCCN2)n1. The number of hydrogen-bond acceptors (Lipinski definition) is 3. The Morgan fingerprint density at radius 1 is 1.43 bits per heavy atom. The highest BCUT2D eigenvalue weighted by molar-refractivity contribution is 5.06. The summed E-state index contributed by atoms with van der Waals surface area (Å²) < 4.78 is 2.08. The first-order valence-electron chi connectivity index (χ1n) is 5.25. The van der Waals surface area contributed by atoms with E-state index < -0.39 is 0 Å². The molecular weight excluding hydrogens is 176 g/mol. The third kappa shape index (κ3) is 2.13. The van der Waals surface area contributed by atoms with Gasteiger partial charge in [0, 0.05) is 25.3 Å². The average molecular weight is 194 g/mol. The Bertz CT molecular complexity index is 299. The van der Waals surface area contributed by atoms with E-state index in [1.807, 2.05) is 6.92 Å². The summed E-state index contributed by atoms with van der Waals surface area (Å²) in [5, 5.41) is 6.71. The smallest absolute Gasteiger partial charge is 0.0596 e. The van der Waals surface area contributed by atoms with Crippen LogP contribution in [0.5, 0.6) is 0 Å². The summed E-state index contributed by atoms with van der Waals surface area (Å²) in [4.78, 5) is 0. The van der Waals surface area contributed by atoms with Gasteiger partial charge in [-0.05, 0) is 26.3 Å². The number of nitrogens with one attached hydrogen (secondary N) is 1. The molecule has 0 atom stereocenters. The fourth-order valence-corrected chi connectivity index (χ4v) is 1.89. The molecule has 2 heterocycles. The minimum atomic E-state index is 0.979. The van der Waals surface area contributed by atoms with Gasteiger partial charge in [-0.1, -0.05) is 0 Å². The second-order valence-corrected chi connectivity index (χ2v) is 3.90. The van der Waals surface area contributed by atoms with Crippen molar-refractivity contribution in [3.8, 4) is 0 Å². The fourth-order valence-electron chi connectivity index (χ4n) is 1.89. The van der Waals surface area contributed by atoms with E-state index in [4.69, 9.17) is 0 Å². The molecule has 1 fully saturated rings. The van der Waals surface area contributed by atoms with E-state index in [2.05, 4.69) is 33.2 Å². The molecule has 1 aliphatic heterocycles. The first-order valence-corrected chi connectivity index (χ1v) is 5.25. The molecular formula is C10H18N4. The Morgan fingerprint density at radius 2 is 2.29 bits per heavy atom. The molecule has 1 aromatic rings. The van der Waals surface area contributed by atoms with Crippen LogP contribution in [-0.2, 0) is 6.54 Å². The lowest BCUT2D eigenvalue weighted by Gasteiger charge is -2.15. The van der Waals surface area contributed by atoms with Crippen molar-refractivity contribution < 1.29 is 0 Å². The molecule has 0 amide bonds. The molecule has 0 unspecified atom stereocenters. The normalized spacial score (nSPS) is 17.9. The zero-order chi connectivity index (χ0) is 9.97. The summed E-state index contributed by atoms with van der Waals surface area (Å²) in [7, 11) is 0. The lowest BCUT2D eigenvalue weighted by molar-refractivity contribution is 0.238. The van der Waals surface area contributed by atoms with Crippen molar-refractivity contribution in [2.75, 3.05) is 19.6 Å². The molecule has 2 rings (SSSR count). The topological polar surface area (TPSA) is 33.1 Å². The average Bonchev–Trinajstić information content (AvgIpc) is 2.72. The summed E-state index contributed by atoms with van der Waals surface area (Å²) in [6.45, 7) is 8.46. The number of aromatic nitrogens is 2. The minimum absolute atomic E-state index is 0.979. The molecule has 0 aliphatic carbocycles. The van der Waals surface area contributed by atoms with Gasteiger partial charge in [0.25, 0.3) is 0 Å². The van der Waals surface area contributed by atoms with Gasteiger partial charge in [0.2, 0.25) is 0 Å². The van der Waals surface area contributed by atoms with Crippen LogP contribution in [-0.4, -0.2) is 34.4 Å². The van der Waals surface area contributed by atoms with Crippen molar-refractivity contribution in [2.45, 2.75) is 26.8 Å². The van der Waals surface area contributed by atoms with Crippen molar-refractivity contribution in [1.29, 1.82) is 0 Å². The maximum absolute atomic E-state index is 4.43. The molecule has 0 aromatic carbocycles. The van der Waals surface area contributed by atoms with E-state index in [9.17, 15) is 0 Å². The molecule has 4 nitrogen and oxygen atoms in total. The summed E-state index contributed by atoms with van der Waals surface area (Å²) in [6, 6.07) is 2.12. The molecule has 0 radical (unpaired) electrons. The highest BCUT2D eigenvalue weighted by atomic mass is 15.5. The Balaban J connectivity index is 1.87. The van der Waals surface area contributed by atoms with Gasteiger partial charge in [-0.3, -0.25) is 10.1 Å². The summed E-state index contributed by atoms with van der Waals surface area (Å²) in [5.41, 5.74) is 5.71. The Hall–Kier alpha value is -0.870. The molecule has 1 saturated heterocycles. The fraction of sp³-hybridized carbons (Fsp3) is 0.700. The van der Waals surface area contributed by atoms with Gasteiger partial charge in [-0.15, -0.1) is 0 Å². The van der Waals surface area contributed by atoms with Crippen LogP contribution >= 0.6 is 0 Å². The van der Waals surface area contributed by atoms with Crippen molar-refractivity contribution in [2.24, 2.45) is 0 Å². The molecule has 4 heteroatoms. The van der Waals surface area contributed by atoms with E-state index >= 15 is 0 Å². The lowest BCUT2D eigenvalue weighted by Crippen LogP contribution is -2.34. The predicted octanol–water partition coefficient (Wildman–Crippen LogP) is 0.710. The van der Waals surface area contributed by atoms with Gasteiger partial charge in [-0.25, -0.2) is 5.01 Å². The summed E-state index contributed by atoms with van der Waals surface area (Å²) >= 11 is 0. The molecule has 0 saturated carbocycles. The van der Waals surface area contributed by atoms with E-state index in [1.165, 1.54) is 18.7 Å². The zero-order valence-electron chi connectivity index (χ0n) is 8.95. The molecule has 0 bridgehead atoms. The van der Waals surface area contributed by atoms with Gasteiger partial charge < -0.3 is 0 Å². The van der Waals surface area contributed by atoms with Gasteiger partial charge in [0.05, 0.1) is 12.2 Å². The minimum Gasteiger partial charge on any atom is -0.268 e. The number of rotatable bonds is 3. The van der Waals surface area contributed by atoms with Crippen LogP contribution in [0, 0.1) is 13.8 Å². The number of hydrogen-bond donors (Lipinski definition) is 1. The number of nitrogens with zero attached hydrogens (tertiary/aromatic N) is 3. The van der Waals surface area contributed by atoms with Crippen LogP contribution in [0.4, 0.5) is 0 Å².